The lowest BCUT2D eigenvalue weighted by molar-refractivity contribution is 0.0685. The number of ether oxygens (including phenoxy) is 1. The molecule has 1 aromatic rings. The van der Waals surface area contributed by atoms with Gasteiger partial charge in [0.25, 0.3) is 0 Å². The number of carbonyl (C=O) groups is 1. The standard InChI is InChI=1S/C17H23F3O4/c1-2-3-4-5-6-7-8-9-10-24-16-14(20)13(19)12(18)11(15(16)21)17(22)23/h21H,2-10H2,1H3,(H,22,23). The molecule has 24 heavy (non-hydrogen) atoms. The molecule has 1 rings (SSSR count). The highest BCUT2D eigenvalue weighted by Crippen LogP contribution is 2.37. The molecule has 0 atom stereocenters. The molecule has 4 nitrogen and oxygen atoms in total. The molecular formula is C17H23F3O4. The minimum Gasteiger partial charge on any atom is -0.504 e. The number of aromatic hydroxyl groups is 1. The van der Waals surface area contributed by atoms with E-state index in [9.17, 15) is 23.1 Å². The van der Waals surface area contributed by atoms with Crippen LogP contribution in [0.25, 0.3) is 0 Å². The Kier molecular flexibility index (Phi) is 8.43. The van der Waals surface area contributed by atoms with Crippen molar-refractivity contribution in [3.05, 3.63) is 23.0 Å². The summed E-state index contributed by atoms with van der Waals surface area (Å²) in [5.41, 5.74) is -1.33. The molecule has 0 spiro atoms. The third-order valence-corrected chi connectivity index (χ3v) is 3.71. The second-order valence-electron chi connectivity index (χ2n) is 5.62. The molecule has 0 bridgehead atoms. The van der Waals surface area contributed by atoms with Crippen molar-refractivity contribution >= 4 is 5.97 Å². The smallest absolute Gasteiger partial charge is 0.342 e. The van der Waals surface area contributed by atoms with Gasteiger partial charge >= 0.3 is 5.97 Å². The maximum atomic E-state index is 13.6. The van der Waals surface area contributed by atoms with Gasteiger partial charge in [-0.15, -0.1) is 0 Å². The number of aromatic carboxylic acids is 1. The van der Waals surface area contributed by atoms with Crippen molar-refractivity contribution in [2.75, 3.05) is 6.61 Å². The highest BCUT2D eigenvalue weighted by molar-refractivity contribution is 5.92. The molecule has 0 saturated carbocycles. The number of hydrogen-bond donors (Lipinski definition) is 2. The van der Waals surface area contributed by atoms with Crippen LogP contribution in [0.2, 0.25) is 0 Å². The lowest BCUT2D eigenvalue weighted by Crippen LogP contribution is -2.09. The van der Waals surface area contributed by atoms with Gasteiger partial charge in [0, 0.05) is 0 Å². The van der Waals surface area contributed by atoms with Crippen LogP contribution >= 0.6 is 0 Å². The second-order valence-corrected chi connectivity index (χ2v) is 5.62. The fourth-order valence-electron chi connectivity index (χ4n) is 2.36. The van der Waals surface area contributed by atoms with Gasteiger partial charge in [-0.3, -0.25) is 0 Å². The van der Waals surface area contributed by atoms with Crippen LogP contribution in [-0.4, -0.2) is 22.8 Å². The first kappa shape index (κ1) is 20.1. The van der Waals surface area contributed by atoms with Gasteiger partial charge in [-0.1, -0.05) is 51.9 Å². The predicted octanol–water partition coefficient (Wildman–Crippen LogP) is 5.03. The lowest BCUT2D eigenvalue weighted by atomic mass is 10.1. The van der Waals surface area contributed by atoms with Crippen molar-refractivity contribution < 1.29 is 32.9 Å². The van der Waals surface area contributed by atoms with E-state index in [1.807, 2.05) is 0 Å². The number of hydrogen-bond acceptors (Lipinski definition) is 3. The van der Waals surface area contributed by atoms with Gasteiger partial charge in [-0.2, -0.15) is 4.39 Å². The Labute approximate surface area is 139 Å². The van der Waals surface area contributed by atoms with E-state index in [1.165, 1.54) is 19.3 Å². The minimum atomic E-state index is -1.98. The molecule has 1 aromatic carbocycles. The summed E-state index contributed by atoms with van der Waals surface area (Å²) in [5.74, 6) is -9.75. The Hall–Kier alpha value is -1.92. The normalized spacial score (nSPS) is 10.8. The van der Waals surface area contributed by atoms with Crippen molar-refractivity contribution in [3.63, 3.8) is 0 Å². The SMILES string of the molecule is CCCCCCCCCCOc1c(O)c(C(=O)O)c(F)c(F)c1F. The van der Waals surface area contributed by atoms with E-state index in [0.717, 1.165) is 25.7 Å². The Bertz CT molecular complexity index is 562. The van der Waals surface area contributed by atoms with Crippen LogP contribution in [0.3, 0.4) is 0 Å². The molecule has 0 aliphatic rings. The molecule has 0 aliphatic carbocycles. The topological polar surface area (TPSA) is 66.8 Å². The number of carboxylic acid groups (broad SMARTS) is 1. The summed E-state index contributed by atoms with van der Waals surface area (Å²) in [7, 11) is 0. The number of phenols is 1. The van der Waals surface area contributed by atoms with Crippen molar-refractivity contribution in [2.45, 2.75) is 58.3 Å². The van der Waals surface area contributed by atoms with Gasteiger partial charge in [0.05, 0.1) is 6.61 Å². The van der Waals surface area contributed by atoms with E-state index in [-0.39, 0.29) is 6.61 Å². The number of benzene rings is 1. The lowest BCUT2D eigenvalue weighted by Gasteiger charge is -2.12. The van der Waals surface area contributed by atoms with Gasteiger partial charge < -0.3 is 14.9 Å². The highest BCUT2D eigenvalue weighted by Gasteiger charge is 2.29. The van der Waals surface area contributed by atoms with Crippen LogP contribution in [0.1, 0.15) is 68.6 Å². The molecular weight excluding hydrogens is 325 g/mol. The molecule has 0 aromatic heterocycles. The fraction of sp³-hybridized carbons (Fsp3) is 0.588. The molecule has 0 fully saturated rings. The summed E-state index contributed by atoms with van der Waals surface area (Å²) >= 11 is 0. The molecule has 0 amide bonds. The van der Waals surface area contributed by atoms with Gasteiger partial charge in [-0.05, 0) is 6.42 Å². The average molecular weight is 348 g/mol. The monoisotopic (exact) mass is 348 g/mol. The molecule has 0 aliphatic heterocycles. The second kappa shape index (κ2) is 10.1. The van der Waals surface area contributed by atoms with Crippen LogP contribution in [0, 0.1) is 17.5 Å². The van der Waals surface area contributed by atoms with E-state index in [2.05, 4.69) is 6.92 Å². The summed E-state index contributed by atoms with van der Waals surface area (Å²) in [5, 5.41) is 18.4. The number of halogens is 3. The Balaban J connectivity index is 2.52. The Morgan fingerprint density at radius 1 is 0.917 bits per heavy atom. The van der Waals surface area contributed by atoms with Crippen molar-refractivity contribution in [1.82, 2.24) is 0 Å². The number of rotatable bonds is 11. The van der Waals surface area contributed by atoms with Crippen LogP contribution in [0.5, 0.6) is 11.5 Å². The number of unbranched alkanes of at least 4 members (excludes halogenated alkanes) is 7. The maximum Gasteiger partial charge on any atom is 0.342 e. The molecule has 0 saturated heterocycles. The summed E-state index contributed by atoms with van der Waals surface area (Å²) in [6, 6.07) is 0. The van der Waals surface area contributed by atoms with Crippen LogP contribution in [0.4, 0.5) is 13.2 Å². The summed E-state index contributed by atoms with van der Waals surface area (Å²) in [6.07, 6.45) is 8.12. The highest BCUT2D eigenvalue weighted by atomic mass is 19.2. The first-order valence-electron chi connectivity index (χ1n) is 8.17. The van der Waals surface area contributed by atoms with E-state index in [0.29, 0.717) is 6.42 Å². The first-order chi connectivity index (χ1) is 11.4. The van der Waals surface area contributed by atoms with E-state index >= 15 is 0 Å². The van der Waals surface area contributed by atoms with E-state index in [1.54, 1.807) is 0 Å². The van der Waals surface area contributed by atoms with Crippen molar-refractivity contribution in [1.29, 1.82) is 0 Å². The third-order valence-electron chi connectivity index (χ3n) is 3.71. The van der Waals surface area contributed by atoms with Crippen LogP contribution in [-0.2, 0) is 0 Å². The van der Waals surface area contributed by atoms with Gasteiger partial charge in [0.1, 0.15) is 5.56 Å². The summed E-state index contributed by atoms with van der Waals surface area (Å²) < 4.78 is 45.3. The van der Waals surface area contributed by atoms with Crippen LogP contribution in [0.15, 0.2) is 0 Å². The predicted molar refractivity (Wildman–Crippen MR) is 83.0 cm³/mol. The molecule has 2 N–H and O–H groups in total. The fourth-order valence-corrected chi connectivity index (χ4v) is 2.36. The summed E-state index contributed by atoms with van der Waals surface area (Å²) in [6.45, 7) is 2.11. The van der Waals surface area contributed by atoms with Gasteiger partial charge in [0.15, 0.2) is 17.4 Å². The van der Waals surface area contributed by atoms with Gasteiger partial charge in [0.2, 0.25) is 11.6 Å². The molecule has 7 heteroatoms. The molecule has 0 heterocycles. The molecule has 0 unspecified atom stereocenters. The maximum absolute atomic E-state index is 13.6. The third kappa shape index (κ3) is 5.32. The first-order valence-corrected chi connectivity index (χ1v) is 8.17. The van der Waals surface area contributed by atoms with Crippen molar-refractivity contribution in [2.24, 2.45) is 0 Å². The van der Waals surface area contributed by atoms with Gasteiger partial charge in [-0.25, -0.2) is 13.6 Å². The van der Waals surface area contributed by atoms with E-state index < -0.39 is 40.5 Å². The molecule has 0 radical (unpaired) electrons. The van der Waals surface area contributed by atoms with E-state index in [4.69, 9.17) is 9.84 Å². The zero-order valence-electron chi connectivity index (χ0n) is 13.7. The zero-order valence-corrected chi connectivity index (χ0v) is 13.7. The zero-order chi connectivity index (χ0) is 18.1. The Morgan fingerprint density at radius 3 is 2.00 bits per heavy atom. The minimum absolute atomic E-state index is 0.0242. The summed E-state index contributed by atoms with van der Waals surface area (Å²) in [4.78, 5) is 10.8. The quantitative estimate of drug-likeness (QED) is 0.435. The largest absolute Gasteiger partial charge is 0.504 e. The van der Waals surface area contributed by atoms with Crippen LogP contribution < -0.4 is 4.74 Å². The van der Waals surface area contributed by atoms with Crippen molar-refractivity contribution in [3.8, 4) is 11.5 Å². The average Bonchev–Trinajstić information content (AvgIpc) is 2.53. The Morgan fingerprint density at radius 2 is 1.46 bits per heavy atom. The number of carboxylic acids is 1. The molecule has 136 valence electrons.